The van der Waals surface area contributed by atoms with Gasteiger partial charge in [0.25, 0.3) is 0 Å². The van der Waals surface area contributed by atoms with Crippen LogP contribution in [-0.2, 0) is 4.79 Å². The second-order valence-electron chi connectivity index (χ2n) is 6.92. The van der Waals surface area contributed by atoms with Crippen LogP contribution < -0.4 is 10.6 Å². The molecule has 2 N–H and O–H groups in total. The first-order valence-corrected chi connectivity index (χ1v) is 8.63. The van der Waals surface area contributed by atoms with Crippen molar-refractivity contribution in [2.24, 2.45) is 5.92 Å². The Bertz CT molecular complexity index is 477. The summed E-state index contributed by atoms with van der Waals surface area (Å²) in [6.07, 6.45) is 3.43. The molecule has 2 rings (SSSR count). The van der Waals surface area contributed by atoms with Gasteiger partial charge in [0.1, 0.15) is 0 Å². The lowest BCUT2D eigenvalue weighted by atomic mass is 9.92. The maximum atomic E-state index is 11.9. The number of carbonyl (C=O) groups is 1. The van der Waals surface area contributed by atoms with Gasteiger partial charge in [0.15, 0.2) is 0 Å². The van der Waals surface area contributed by atoms with Gasteiger partial charge in [-0.2, -0.15) is 0 Å². The molecule has 2 unspecified atom stereocenters. The molecular formula is C19H30N2O. The molecule has 1 aromatic carbocycles. The molecule has 0 spiro atoms. The highest BCUT2D eigenvalue weighted by Gasteiger charge is 2.24. The lowest BCUT2D eigenvalue weighted by Crippen LogP contribution is -2.38. The van der Waals surface area contributed by atoms with E-state index >= 15 is 0 Å². The minimum atomic E-state index is 0.115. The molecule has 1 aliphatic rings. The molecule has 0 heterocycles. The minimum absolute atomic E-state index is 0.115. The molecule has 1 saturated carbocycles. The van der Waals surface area contributed by atoms with Crippen molar-refractivity contribution in [3.63, 3.8) is 0 Å². The molecule has 2 atom stereocenters. The van der Waals surface area contributed by atoms with E-state index < -0.39 is 0 Å². The Morgan fingerprint density at radius 1 is 1.14 bits per heavy atom. The average molecular weight is 302 g/mol. The van der Waals surface area contributed by atoms with E-state index in [0.717, 1.165) is 19.3 Å². The monoisotopic (exact) mass is 302 g/mol. The summed E-state index contributed by atoms with van der Waals surface area (Å²) in [7, 11) is 0. The number of hydrogen-bond donors (Lipinski definition) is 2. The first kappa shape index (κ1) is 17.0. The fourth-order valence-corrected chi connectivity index (χ4v) is 2.72. The van der Waals surface area contributed by atoms with Crippen LogP contribution in [0.15, 0.2) is 24.3 Å². The molecule has 0 radical (unpaired) electrons. The molecule has 1 aromatic rings. The molecular weight excluding hydrogens is 272 g/mol. The molecule has 1 fully saturated rings. The van der Waals surface area contributed by atoms with Crippen LogP contribution in [0.5, 0.6) is 0 Å². The molecule has 0 bridgehead atoms. The van der Waals surface area contributed by atoms with Gasteiger partial charge in [-0.3, -0.25) is 4.79 Å². The van der Waals surface area contributed by atoms with Crippen LogP contribution in [-0.4, -0.2) is 18.5 Å². The van der Waals surface area contributed by atoms with Crippen LogP contribution in [0.4, 0.5) is 0 Å². The summed E-state index contributed by atoms with van der Waals surface area (Å²) >= 11 is 0. The van der Waals surface area contributed by atoms with Gasteiger partial charge in [-0.15, -0.1) is 0 Å². The summed E-state index contributed by atoms with van der Waals surface area (Å²) in [6, 6.07) is 9.52. The Hall–Kier alpha value is -1.35. The second-order valence-corrected chi connectivity index (χ2v) is 6.92. The van der Waals surface area contributed by atoms with Crippen LogP contribution in [0.25, 0.3) is 0 Å². The molecule has 0 saturated heterocycles. The Morgan fingerprint density at radius 2 is 1.73 bits per heavy atom. The van der Waals surface area contributed by atoms with Gasteiger partial charge in [0.05, 0.1) is 6.54 Å². The van der Waals surface area contributed by atoms with E-state index in [2.05, 4.69) is 62.6 Å². The number of carbonyl (C=O) groups excluding carboxylic acids is 1. The fourth-order valence-electron chi connectivity index (χ4n) is 2.72. The topological polar surface area (TPSA) is 41.1 Å². The van der Waals surface area contributed by atoms with Crippen LogP contribution in [0, 0.1) is 5.92 Å². The predicted molar refractivity (Wildman–Crippen MR) is 91.9 cm³/mol. The Labute approximate surface area is 134 Å². The summed E-state index contributed by atoms with van der Waals surface area (Å²) in [6.45, 7) is 9.26. The summed E-state index contributed by atoms with van der Waals surface area (Å²) < 4.78 is 0. The van der Waals surface area contributed by atoms with E-state index in [0.29, 0.717) is 24.4 Å². The van der Waals surface area contributed by atoms with Crippen molar-refractivity contribution < 1.29 is 4.79 Å². The van der Waals surface area contributed by atoms with E-state index in [1.165, 1.54) is 11.1 Å². The highest BCUT2D eigenvalue weighted by molar-refractivity contribution is 5.78. The molecule has 0 aliphatic heterocycles. The molecule has 22 heavy (non-hydrogen) atoms. The number of hydrogen-bond acceptors (Lipinski definition) is 2. The molecule has 1 aliphatic carbocycles. The van der Waals surface area contributed by atoms with Gasteiger partial charge in [0.2, 0.25) is 5.91 Å². The number of benzene rings is 1. The third kappa shape index (κ3) is 4.84. The van der Waals surface area contributed by atoms with Crippen LogP contribution in [0.2, 0.25) is 0 Å². The Morgan fingerprint density at radius 3 is 2.23 bits per heavy atom. The van der Waals surface area contributed by atoms with Crippen LogP contribution >= 0.6 is 0 Å². The van der Waals surface area contributed by atoms with Gasteiger partial charge in [-0.05, 0) is 42.2 Å². The van der Waals surface area contributed by atoms with E-state index in [-0.39, 0.29) is 11.9 Å². The molecule has 3 nitrogen and oxygen atoms in total. The standard InChI is InChI=1S/C19H30N2O/c1-5-14(4)15-6-8-16(9-7-15)19(13(2)3)20-12-18(22)21-17-10-11-17/h6-9,13-14,17,19-20H,5,10-12H2,1-4H3,(H,21,22). The zero-order valence-electron chi connectivity index (χ0n) is 14.4. The summed E-state index contributed by atoms with van der Waals surface area (Å²) in [4.78, 5) is 11.9. The van der Waals surface area contributed by atoms with Crippen LogP contribution in [0.1, 0.15) is 70.0 Å². The minimum Gasteiger partial charge on any atom is -0.352 e. The number of amides is 1. The van der Waals surface area contributed by atoms with E-state index in [4.69, 9.17) is 0 Å². The number of rotatable bonds is 8. The molecule has 3 heteroatoms. The highest BCUT2D eigenvalue weighted by Crippen LogP contribution is 2.25. The van der Waals surface area contributed by atoms with Crippen molar-refractivity contribution in [3.8, 4) is 0 Å². The smallest absolute Gasteiger partial charge is 0.234 e. The van der Waals surface area contributed by atoms with E-state index in [1.54, 1.807) is 0 Å². The largest absolute Gasteiger partial charge is 0.352 e. The second kappa shape index (κ2) is 7.77. The average Bonchev–Trinajstić information content (AvgIpc) is 3.31. The van der Waals surface area contributed by atoms with Crippen LogP contribution in [0.3, 0.4) is 0 Å². The first-order valence-electron chi connectivity index (χ1n) is 8.63. The summed E-state index contributed by atoms with van der Waals surface area (Å²) in [5.74, 6) is 1.16. The van der Waals surface area contributed by atoms with Crippen molar-refractivity contribution in [1.29, 1.82) is 0 Å². The van der Waals surface area contributed by atoms with Crippen molar-refractivity contribution in [2.45, 2.75) is 65.0 Å². The van der Waals surface area contributed by atoms with E-state index in [1.807, 2.05) is 0 Å². The van der Waals surface area contributed by atoms with Crippen molar-refractivity contribution in [1.82, 2.24) is 10.6 Å². The fraction of sp³-hybridized carbons (Fsp3) is 0.632. The van der Waals surface area contributed by atoms with Gasteiger partial charge in [-0.1, -0.05) is 52.0 Å². The predicted octanol–water partition coefficient (Wildman–Crippen LogP) is 3.77. The van der Waals surface area contributed by atoms with E-state index in [9.17, 15) is 4.79 Å². The Kier molecular flexibility index (Phi) is 6.01. The molecule has 0 aromatic heterocycles. The quantitative estimate of drug-likeness (QED) is 0.767. The molecule has 1 amide bonds. The lowest BCUT2D eigenvalue weighted by Gasteiger charge is -2.23. The zero-order valence-corrected chi connectivity index (χ0v) is 14.4. The third-order valence-corrected chi connectivity index (χ3v) is 4.57. The third-order valence-electron chi connectivity index (χ3n) is 4.57. The first-order chi connectivity index (χ1) is 10.5. The Balaban J connectivity index is 1.95. The SMILES string of the molecule is CCC(C)c1ccc(C(NCC(=O)NC2CC2)C(C)C)cc1. The summed E-state index contributed by atoms with van der Waals surface area (Å²) in [5.41, 5.74) is 2.65. The number of nitrogens with one attached hydrogen (secondary N) is 2. The van der Waals surface area contributed by atoms with Gasteiger partial charge in [-0.25, -0.2) is 0 Å². The van der Waals surface area contributed by atoms with Crippen molar-refractivity contribution in [2.75, 3.05) is 6.54 Å². The maximum absolute atomic E-state index is 11.9. The van der Waals surface area contributed by atoms with Crippen molar-refractivity contribution >= 4 is 5.91 Å². The summed E-state index contributed by atoms with van der Waals surface area (Å²) in [5, 5.41) is 6.45. The lowest BCUT2D eigenvalue weighted by molar-refractivity contribution is -0.120. The normalized spacial score (nSPS) is 17.3. The van der Waals surface area contributed by atoms with Gasteiger partial charge >= 0.3 is 0 Å². The zero-order chi connectivity index (χ0) is 16.1. The van der Waals surface area contributed by atoms with Gasteiger partial charge < -0.3 is 10.6 Å². The van der Waals surface area contributed by atoms with Gasteiger partial charge in [0, 0.05) is 12.1 Å². The highest BCUT2D eigenvalue weighted by atomic mass is 16.2. The maximum Gasteiger partial charge on any atom is 0.234 e. The molecule has 122 valence electrons. The van der Waals surface area contributed by atoms with Crippen molar-refractivity contribution in [3.05, 3.63) is 35.4 Å².